The van der Waals surface area contributed by atoms with E-state index in [1.165, 1.54) is 92.5 Å². The standard InChI is InChI=1S/4C8H10N4O2.2C5H6O4.C2H3N/c4*1-10-4-9-6-5(10)7(13)12(3)8(14)11(6)2;2*1-3(5(8)9)2-4(6)7;1-2-3/h4*4H,1-3H3;2*2H,1H3,(H,6,7)(H,8,9);1H3/b;;;;2*3-2+;. The summed E-state index contributed by atoms with van der Waals surface area (Å²) in [5.41, 5.74) is 0.364. The van der Waals surface area contributed by atoms with Crippen molar-refractivity contribution in [2.24, 2.45) is 84.6 Å². The van der Waals surface area contributed by atoms with Crippen molar-refractivity contribution < 1.29 is 39.6 Å². The summed E-state index contributed by atoms with van der Waals surface area (Å²) in [6.45, 7) is 3.87. The Balaban J connectivity index is 0.000000316. The molecule has 412 valence electrons. The second-order valence-electron chi connectivity index (χ2n) is 16.1. The number of carboxylic acid groups (broad SMARTS) is 4. The van der Waals surface area contributed by atoms with Crippen LogP contribution in [0.15, 0.2) is 87.0 Å². The minimum Gasteiger partial charge on any atom is -0.478 e. The van der Waals surface area contributed by atoms with Crippen molar-refractivity contribution in [1.82, 2.24) is 74.7 Å². The Hall–Kier alpha value is -10.6. The van der Waals surface area contributed by atoms with Crippen molar-refractivity contribution in [2.75, 3.05) is 0 Å². The first kappa shape index (κ1) is 62.6. The van der Waals surface area contributed by atoms with Gasteiger partial charge in [0.05, 0.1) is 31.4 Å². The number of hydrogen-bond acceptors (Lipinski definition) is 17. The Bertz CT molecular complexity index is 3730. The summed E-state index contributed by atoms with van der Waals surface area (Å²) < 4.78 is 16.2. The van der Waals surface area contributed by atoms with Crippen LogP contribution in [0, 0.1) is 11.3 Å². The first-order valence-electron chi connectivity index (χ1n) is 21.5. The number of aliphatic carboxylic acids is 4. The van der Waals surface area contributed by atoms with Gasteiger partial charge in [0.15, 0.2) is 44.7 Å². The molecular weight excluding hydrogens is 1020 g/mol. The molecule has 0 aliphatic heterocycles. The number of nitriles is 1. The van der Waals surface area contributed by atoms with E-state index < -0.39 is 23.9 Å². The molecule has 0 radical (unpaired) electrons. The molecule has 0 unspecified atom stereocenters. The summed E-state index contributed by atoms with van der Waals surface area (Å²) in [4.78, 5) is 148. The Kier molecular flexibility index (Phi) is 21.0. The van der Waals surface area contributed by atoms with Crippen molar-refractivity contribution >= 4 is 68.5 Å². The monoisotopic (exact) mass is 1080 g/mol. The third-order valence-electron chi connectivity index (χ3n) is 10.6. The molecule has 33 heteroatoms. The highest BCUT2D eigenvalue weighted by Crippen LogP contribution is 2.05. The zero-order chi connectivity index (χ0) is 59.4. The second-order valence-corrected chi connectivity index (χ2v) is 16.1. The van der Waals surface area contributed by atoms with Crippen LogP contribution in [0.5, 0.6) is 0 Å². The van der Waals surface area contributed by atoms with Crippen molar-refractivity contribution in [3.05, 3.63) is 132 Å². The van der Waals surface area contributed by atoms with E-state index in [1.807, 2.05) is 0 Å². The lowest BCUT2D eigenvalue weighted by molar-refractivity contribution is -0.135. The quantitative estimate of drug-likeness (QED) is 0.125. The van der Waals surface area contributed by atoms with Gasteiger partial charge in [-0.3, -0.25) is 55.7 Å². The predicted octanol–water partition coefficient (Wildman–Crippen LogP) is -3.38. The molecule has 0 aromatic carbocycles. The molecule has 4 N–H and O–H groups in total. The van der Waals surface area contributed by atoms with Gasteiger partial charge in [0.2, 0.25) is 0 Å². The number of carboxylic acids is 4. The molecular formula is C44H55N17O16. The van der Waals surface area contributed by atoms with Crippen LogP contribution in [0.25, 0.3) is 44.7 Å². The number of rotatable bonds is 4. The van der Waals surface area contributed by atoms with E-state index in [-0.39, 0.29) is 56.1 Å². The van der Waals surface area contributed by atoms with Crippen LogP contribution in [0.3, 0.4) is 0 Å². The molecule has 0 aliphatic carbocycles. The van der Waals surface area contributed by atoms with E-state index in [0.29, 0.717) is 56.8 Å². The minimum atomic E-state index is -1.24. The van der Waals surface area contributed by atoms with Crippen LogP contribution in [0.1, 0.15) is 20.8 Å². The lowest BCUT2D eigenvalue weighted by atomic mass is 10.3. The average Bonchev–Trinajstić information content (AvgIpc) is 4.17. The summed E-state index contributed by atoms with van der Waals surface area (Å²) >= 11 is 0. The molecule has 0 amide bonds. The highest BCUT2D eigenvalue weighted by Gasteiger charge is 2.15. The zero-order valence-electron chi connectivity index (χ0n) is 44.3. The van der Waals surface area contributed by atoms with Gasteiger partial charge in [0.25, 0.3) is 22.2 Å². The van der Waals surface area contributed by atoms with Gasteiger partial charge in [-0.05, 0) is 13.8 Å². The molecule has 8 aromatic heterocycles. The fourth-order valence-corrected chi connectivity index (χ4v) is 6.38. The maximum absolute atomic E-state index is 11.7. The van der Waals surface area contributed by atoms with Gasteiger partial charge in [-0.15, -0.1) is 0 Å². The first-order valence-corrected chi connectivity index (χ1v) is 21.5. The number of fused-ring (bicyclic) bond motifs is 4. The number of hydrogen-bond donors (Lipinski definition) is 4. The molecule has 0 atom stereocenters. The van der Waals surface area contributed by atoms with Gasteiger partial charge in [-0.25, -0.2) is 58.3 Å². The Morgan fingerprint density at radius 2 is 0.571 bits per heavy atom. The van der Waals surface area contributed by atoms with Gasteiger partial charge in [-0.1, -0.05) is 0 Å². The molecule has 77 heavy (non-hydrogen) atoms. The first-order chi connectivity index (χ1) is 35.6. The fourth-order valence-electron chi connectivity index (χ4n) is 6.38. The Labute approximate surface area is 430 Å². The molecule has 8 heterocycles. The largest absolute Gasteiger partial charge is 0.478 e. The second kappa shape index (κ2) is 25.9. The number of aryl methyl sites for hydroxylation is 8. The Morgan fingerprint density at radius 3 is 0.701 bits per heavy atom. The highest BCUT2D eigenvalue weighted by atomic mass is 16.4. The van der Waals surface area contributed by atoms with E-state index in [9.17, 15) is 57.5 Å². The lowest BCUT2D eigenvalue weighted by Gasteiger charge is -2.02. The average molecular weight is 1080 g/mol. The summed E-state index contributed by atoms with van der Waals surface area (Å²) in [6, 6.07) is 1.75. The molecule has 0 aliphatic rings. The van der Waals surface area contributed by atoms with Crippen molar-refractivity contribution in [3.8, 4) is 6.07 Å². The summed E-state index contributed by atoms with van der Waals surface area (Å²) in [5.74, 6) is -4.90. The van der Waals surface area contributed by atoms with Crippen LogP contribution in [0.2, 0.25) is 0 Å². The van der Waals surface area contributed by atoms with E-state index >= 15 is 0 Å². The van der Waals surface area contributed by atoms with E-state index in [1.54, 1.807) is 80.7 Å². The van der Waals surface area contributed by atoms with Gasteiger partial charge in [-0.2, -0.15) is 5.26 Å². The maximum atomic E-state index is 11.7. The summed E-state index contributed by atoms with van der Waals surface area (Å²) in [5, 5.41) is 39.5. The topological polar surface area (TPSA) is 420 Å². The number of nitrogens with zero attached hydrogens (tertiary/aromatic N) is 17. The third-order valence-corrected chi connectivity index (χ3v) is 10.6. The van der Waals surface area contributed by atoms with E-state index in [4.69, 9.17) is 25.7 Å². The van der Waals surface area contributed by atoms with Gasteiger partial charge >= 0.3 is 46.6 Å². The van der Waals surface area contributed by atoms with E-state index in [0.717, 1.165) is 18.3 Å². The lowest BCUT2D eigenvalue weighted by Crippen LogP contribution is -2.37. The number of aromatic nitrogens is 16. The third kappa shape index (κ3) is 13.9. The molecule has 33 nitrogen and oxygen atoms in total. The smallest absolute Gasteiger partial charge is 0.332 e. The molecule has 0 fully saturated rings. The van der Waals surface area contributed by atoms with Gasteiger partial charge < -0.3 is 38.7 Å². The van der Waals surface area contributed by atoms with Gasteiger partial charge in [0, 0.05) is 115 Å². The van der Waals surface area contributed by atoms with Crippen molar-refractivity contribution in [1.29, 1.82) is 5.26 Å². The zero-order valence-corrected chi connectivity index (χ0v) is 44.3. The molecule has 8 aromatic rings. The van der Waals surface area contributed by atoms with Crippen LogP contribution < -0.4 is 45.0 Å². The van der Waals surface area contributed by atoms with Crippen LogP contribution in [-0.2, 0) is 104 Å². The van der Waals surface area contributed by atoms with Crippen molar-refractivity contribution in [3.63, 3.8) is 0 Å². The maximum Gasteiger partial charge on any atom is 0.332 e. The fraction of sp³-hybridized carbons (Fsp3) is 0.341. The molecule has 0 spiro atoms. The molecule has 0 saturated carbocycles. The minimum absolute atomic E-state index is 0.178. The van der Waals surface area contributed by atoms with Crippen LogP contribution in [-0.4, -0.2) is 119 Å². The summed E-state index contributed by atoms with van der Waals surface area (Å²) in [7, 11) is 19.1. The van der Waals surface area contributed by atoms with Crippen LogP contribution >= 0.6 is 0 Å². The van der Waals surface area contributed by atoms with Gasteiger partial charge in [0.1, 0.15) is 0 Å². The SMILES string of the molecule is C/C(=C\C(=O)O)C(=O)O.C/C(=C\C(=O)O)C(=O)O.CC#N.Cn1c(=O)c2c(ncn2C)n(C)c1=O.Cn1c(=O)c2c(ncn2C)n(C)c1=O.Cn1c(=O)c2c(ncn2C)n(C)c1=O.Cn1c(=O)c2c(ncn2C)n(C)c1=O. The van der Waals surface area contributed by atoms with Crippen molar-refractivity contribution in [2.45, 2.75) is 20.8 Å². The van der Waals surface area contributed by atoms with E-state index in [2.05, 4.69) is 19.9 Å². The highest BCUT2D eigenvalue weighted by molar-refractivity contribution is 5.94. The molecule has 0 saturated heterocycles. The molecule has 0 bridgehead atoms. The number of carbonyl (C=O) groups is 4. The van der Waals surface area contributed by atoms with Crippen LogP contribution in [0.4, 0.5) is 0 Å². The molecule has 8 rings (SSSR count). The predicted molar refractivity (Wildman–Crippen MR) is 274 cm³/mol. The Morgan fingerprint density at radius 1 is 0.403 bits per heavy atom. The normalized spacial score (nSPS) is 10.7. The number of imidazole rings is 4. The summed E-state index contributed by atoms with van der Waals surface area (Å²) in [6.07, 6.45) is 7.36.